The second-order valence-electron chi connectivity index (χ2n) is 8.75. The Bertz CT molecular complexity index is 1120. The van der Waals surface area contributed by atoms with Crippen LogP contribution in [0.2, 0.25) is 0 Å². The summed E-state index contributed by atoms with van der Waals surface area (Å²) in [5.41, 5.74) is 1.47. The average Bonchev–Trinajstić information content (AvgIpc) is 3.02. The summed E-state index contributed by atoms with van der Waals surface area (Å²) in [7, 11) is 1.92. The molecule has 0 amide bonds. The first-order valence-electron chi connectivity index (χ1n) is 10.6. The average molecular weight is 500 g/mol. The van der Waals surface area contributed by atoms with E-state index < -0.39 is 11.7 Å². The number of aromatic nitrogens is 4. The van der Waals surface area contributed by atoms with Gasteiger partial charge in [-0.05, 0) is 55.3 Å². The van der Waals surface area contributed by atoms with Gasteiger partial charge in [0.05, 0.1) is 11.3 Å². The van der Waals surface area contributed by atoms with Crippen molar-refractivity contribution in [2.75, 3.05) is 25.4 Å². The first kappa shape index (κ1) is 24.1. The van der Waals surface area contributed by atoms with Gasteiger partial charge in [0.2, 0.25) is 5.82 Å². The van der Waals surface area contributed by atoms with Crippen molar-refractivity contribution in [1.82, 2.24) is 24.6 Å². The fourth-order valence-electron chi connectivity index (χ4n) is 4.77. The van der Waals surface area contributed by atoms with Gasteiger partial charge in [-0.1, -0.05) is 23.9 Å². The fourth-order valence-corrected chi connectivity index (χ4v) is 5.68. The Hall–Kier alpha value is -2.04. The van der Waals surface area contributed by atoms with Gasteiger partial charge in [-0.15, -0.1) is 22.6 Å². The third-order valence-electron chi connectivity index (χ3n) is 6.72. The van der Waals surface area contributed by atoms with Gasteiger partial charge in [-0.25, -0.2) is 4.98 Å². The standard InChI is InChI=1S/C22H24F3N5OS.ClH/c1-14-18(31-13-26-14)19-27-28-20(29(19)2)32-10-9-30-8-7-21(12-30)11-17(21)15-3-5-16(6-4-15)22(23,24)25;/h3-6,13,17H,7-12H2,1-2H3;1H. The van der Waals surface area contributed by atoms with Crippen molar-refractivity contribution in [3.63, 3.8) is 0 Å². The van der Waals surface area contributed by atoms with Crippen LogP contribution in [-0.4, -0.2) is 50.0 Å². The Labute approximate surface area is 200 Å². The molecular weight excluding hydrogens is 475 g/mol. The Morgan fingerprint density at radius 3 is 2.64 bits per heavy atom. The first-order chi connectivity index (χ1) is 15.3. The Morgan fingerprint density at radius 1 is 1.21 bits per heavy atom. The highest BCUT2D eigenvalue weighted by Gasteiger charge is 2.57. The third-order valence-corrected chi connectivity index (χ3v) is 7.72. The maximum Gasteiger partial charge on any atom is 0.416 e. The fraction of sp³-hybridized carbons (Fsp3) is 0.500. The summed E-state index contributed by atoms with van der Waals surface area (Å²) in [6.45, 7) is 4.84. The van der Waals surface area contributed by atoms with Crippen LogP contribution in [0.25, 0.3) is 11.6 Å². The molecule has 2 atom stereocenters. The van der Waals surface area contributed by atoms with Crippen molar-refractivity contribution in [2.24, 2.45) is 12.5 Å². The maximum atomic E-state index is 12.8. The van der Waals surface area contributed by atoms with E-state index in [9.17, 15) is 13.2 Å². The summed E-state index contributed by atoms with van der Waals surface area (Å²) in [6.07, 6.45) is -0.711. The van der Waals surface area contributed by atoms with E-state index in [1.807, 2.05) is 18.5 Å². The summed E-state index contributed by atoms with van der Waals surface area (Å²) in [4.78, 5) is 6.56. The van der Waals surface area contributed by atoms with Crippen molar-refractivity contribution >= 4 is 24.2 Å². The number of likely N-dealkylation sites (tertiary alicyclic amines) is 1. The highest BCUT2D eigenvalue weighted by atomic mass is 35.5. The monoisotopic (exact) mass is 499 g/mol. The molecule has 3 heterocycles. The van der Waals surface area contributed by atoms with Crippen molar-refractivity contribution in [3.05, 3.63) is 47.5 Å². The molecular formula is C22H25ClF3N5OS. The third kappa shape index (κ3) is 4.65. The summed E-state index contributed by atoms with van der Waals surface area (Å²) in [5, 5.41) is 9.36. The molecule has 2 unspecified atom stereocenters. The zero-order chi connectivity index (χ0) is 22.5. The van der Waals surface area contributed by atoms with Gasteiger partial charge in [0.1, 0.15) is 0 Å². The molecule has 1 aromatic carbocycles. The van der Waals surface area contributed by atoms with E-state index in [0.29, 0.717) is 17.5 Å². The van der Waals surface area contributed by atoms with Crippen LogP contribution in [0, 0.1) is 12.3 Å². The van der Waals surface area contributed by atoms with E-state index in [-0.39, 0.29) is 17.8 Å². The Kier molecular flexibility index (Phi) is 6.54. The first-order valence-corrected chi connectivity index (χ1v) is 11.6. The number of rotatable bonds is 6. The molecule has 6 nitrogen and oxygen atoms in total. The van der Waals surface area contributed by atoms with Gasteiger partial charge >= 0.3 is 6.18 Å². The molecule has 3 aromatic rings. The zero-order valence-corrected chi connectivity index (χ0v) is 19.9. The summed E-state index contributed by atoms with van der Waals surface area (Å²) in [5.74, 6) is 2.56. The molecule has 0 N–H and O–H groups in total. The smallest absolute Gasteiger partial charge is 0.416 e. The van der Waals surface area contributed by atoms with Crippen LogP contribution in [-0.2, 0) is 13.2 Å². The molecule has 1 spiro atoms. The van der Waals surface area contributed by atoms with Crippen molar-refractivity contribution in [3.8, 4) is 11.6 Å². The van der Waals surface area contributed by atoms with Crippen LogP contribution in [0.4, 0.5) is 13.2 Å². The van der Waals surface area contributed by atoms with E-state index in [4.69, 9.17) is 4.42 Å². The van der Waals surface area contributed by atoms with Crippen molar-refractivity contribution in [1.29, 1.82) is 0 Å². The van der Waals surface area contributed by atoms with Gasteiger partial charge in [0.15, 0.2) is 17.3 Å². The number of aryl methyl sites for hydroxylation is 1. The second kappa shape index (κ2) is 8.96. The minimum absolute atomic E-state index is 0. The second-order valence-corrected chi connectivity index (χ2v) is 9.81. The molecule has 11 heteroatoms. The van der Waals surface area contributed by atoms with Crippen molar-refractivity contribution in [2.45, 2.75) is 37.0 Å². The molecule has 5 rings (SSSR count). The van der Waals surface area contributed by atoms with E-state index in [1.54, 1.807) is 23.9 Å². The highest BCUT2D eigenvalue weighted by molar-refractivity contribution is 7.99. The maximum absolute atomic E-state index is 12.8. The normalized spacial score (nSPS) is 22.6. The Balaban J connectivity index is 0.00000259. The van der Waals surface area contributed by atoms with Crippen LogP contribution in [0.5, 0.6) is 0 Å². The SMILES string of the molecule is Cc1ncoc1-c1nnc(SCCN2CCC3(CC3c3ccc(C(F)(F)F)cc3)C2)n1C.Cl. The van der Waals surface area contributed by atoms with E-state index in [2.05, 4.69) is 20.1 Å². The molecule has 2 aromatic heterocycles. The Morgan fingerprint density at radius 2 is 1.97 bits per heavy atom. The molecule has 1 saturated carbocycles. The summed E-state index contributed by atoms with van der Waals surface area (Å²) >= 11 is 1.66. The highest BCUT2D eigenvalue weighted by Crippen LogP contribution is 2.64. The summed E-state index contributed by atoms with van der Waals surface area (Å²) in [6, 6.07) is 5.73. The quantitative estimate of drug-likeness (QED) is 0.435. The molecule has 178 valence electrons. The minimum Gasteiger partial charge on any atom is -0.440 e. The van der Waals surface area contributed by atoms with Crippen LogP contribution in [0.3, 0.4) is 0 Å². The molecule has 0 bridgehead atoms. The molecule has 0 radical (unpaired) electrons. The van der Waals surface area contributed by atoms with E-state index >= 15 is 0 Å². The number of alkyl halides is 3. The van der Waals surface area contributed by atoms with Gasteiger partial charge < -0.3 is 13.9 Å². The van der Waals surface area contributed by atoms with Crippen LogP contribution in [0.15, 0.2) is 40.2 Å². The number of nitrogens with zero attached hydrogens (tertiary/aromatic N) is 5. The van der Waals surface area contributed by atoms with Crippen molar-refractivity contribution < 1.29 is 17.6 Å². The lowest BCUT2D eigenvalue weighted by Crippen LogP contribution is -2.24. The van der Waals surface area contributed by atoms with E-state index in [0.717, 1.165) is 54.6 Å². The largest absolute Gasteiger partial charge is 0.440 e. The predicted molar refractivity (Wildman–Crippen MR) is 122 cm³/mol. The zero-order valence-electron chi connectivity index (χ0n) is 18.3. The molecule has 33 heavy (non-hydrogen) atoms. The molecule has 1 aliphatic heterocycles. The molecule has 2 fully saturated rings. The molecule has 2 aliphatic rings. The lowest BCUT2D eigenvalue weighted by Gasteiger charge is -2.16. The van der Waals surface area contributed by atoms with Gasteiger partial charge in [-0.3, -0.25) is 0 Å². The predicted octanol–water partition coefficient (Wildman–Crippen LogP) is 5.19. The van der Waals surface area contributed by atoms with Crippen LogP contribution < -0.4 is 0 Å². The van der Waals surface area contributed by atoms with Gasteiger partial charge in [-0.2, -0.15) is 13.2 Å². The number of hydrogen-bond acceptors (Lipinski definition) is 6. The lowest BCUT2D eigenvalue weighted by atomic mass is 9.97. The van der Waals surface area contributed by atoms with Gasteiger partial charge in [0, 0.05) is 25.9 Å². The number of halogens is 4. The minimum atomic E-state index is -4.28. The van der Waals surface area contributed by atoms with E-state index in [1.165, 1.54) is 18.5 Å². The molecule has 1 aliphatic carbocycles. The topological polar surface area (TPSA) is 60.0 Å². The lowest BCUT2D eigenvalue weighted by molar-refractivity contribution is -0.137. The molecule has 1 saturated heterocycles. The number of thioether (sulfide) groups is 1. The van der Waals surface area contributed by atoms with Crippen LogP contribution in [0.1, 0.15) is 35.6 Å². The number of hydrogen-bond donors (Lipinski definition) is 0. The van der Waals surface area contributed by atoms with Crippen LogP contribution >= 0.6 is 24.2 Å². The number of benzene rings is 1. The number of oxazole rings is 1. The van der Waals surface area contributed by atoms with Gasteiger partial charge in [0.25, 0.3) is 0 Å². The summed E-state index contributed by atoms with van der Waals surface area (Å²) < 4.78 is 45.8.